The Labute approximate surface area is 114 Å². The van der Waals surface area contributed by atoms with Crippen LogP contribution in [0.15, 0.2) is 24.3 Å². The number of piperidine rings is 1. The van der Waals surface area contributed by atoms with Crippen LogP contribution in [0.5, 0.6) is 0 Å². The van der Waals surface area contributed by atoms with Gasteiger partial charge in [0.15, 0.2) is 0 Å². The van der Waals surface area contributed by atoms with Crippen molar-refractivity contribution in [2.75, 3.05) is 19.7 Å². The van der Waals surface area contributed by atoms with Gasteiger partial charge in [0.2, 0.25) is 0 Å². The Morgan fingerprint density at radius 1 is 1.32 bits per heavy atom. The maximum atomic E-state index is 13.2. The van der Waals surface area contributed by atoms with Gasteiger partial charge >= 0.3 is 0 Å². The molecule has 0 aromatic heterocycles. The molecular weight excluding hydrogens is 241 g/mol. The minimum absolute atomic E-state index is 0.0987. The Bertz CT molecular complexity index is 423. The highest BCUT2D eigenvalue weighted by Crippen LogP contribution is 2.37. The van der Waals surface area contributed by atoms with Crippen LogP contribution in [0.3, 0.4) is 0 Å². The fraction of sp³-hybridized carbons (Fsp3) is 0.625. The zero-order valence-corrected chi connectivity index (χ0v) is 11.3. The van der Waals surface area contributed by atoms with E-state index in [4.69, 9.17) is 4.74 Å². The van der Waals surface area contributed by atoms with Crippen molar-refractivity contribution in [3.05, 3.63) is 35.6 Å². The molecule has 3 rings (SSSR count). The van der Waals surface area contributed by atoms with Crippen LogP contribution in [-0.2, 0) is 11.2 Å². The van der Waals surface area contributed by atoms with Crippen LogP contribution in [0.2, 0.25) is 0 Å². The molecular formula is C16H22FNO. The Balaban J connectivity index is 1.65. The molecule has 0 saturated carbocycles. The molecule has 3 heteroatoms. The zero-order chi connectivity index (χ0) is 13.1. The zero-order valence-electron chi connectivity index (χ0n) is 11.3. The number of ether oxygens (including phenoxy) is 1. The van der Waals surface area contributed by atoms with E-state index in [1.54, 1.807) is 6.07 Å². The number of hydrogen-bond acceptors (Lipinski definition) is 2. The quantitative estimate of drug-likeness (QED) is 0.886. The highest BCUT2D eigenvalue weighted by Gasteiger charge is 2.38. The molecule has 2 aliphatic rings. The van der Waals surface area contributed by atoms with E-state index >= 15 is 0 Å². The average molecular weight is 263 g/mol. The summed E-state index contributed by atoms with van der Waals surface area (Å²) in [7, 11) is 0. The molecule has 2 aliphatic heterocycles. The van der Waals surface area contributed by atoms with Crippen molar-refractivity contribution in [2.24, 2.45) is 5.92 Å². The van der Waals surface area contributed by atoms with Gasteiger partial charge in [0.25, 0.3) is 0 Å². The molecule has 2 saturated heterocycles. The van der Waals surface area contributed by atoms with Gasteiger partial charge in [-0.05, 0) is 68.8 Å². The fourth-order valence-corrected chi connectivity index (χ4v) is 3.53. The third-order valence-electron chi connectivity index (χ3n) is 4.52. The molecule has 2 nitrogen and oxygen atoms in total. The lowest BCUT2D eigenvalue weighted by molar-refractivity contribution is -0.113. The summed E-state index contributed by atoms with van der Waals surface area (Å²) in [6.45, 7) is 2.99. The van der Waals surface area contributed by atoms with Crippen molar-refractivity contribution in [2.45, 2.75) is 37.7 Å². The average Bonchev–Trinajstić information content (AvgIpc) is 2.40. The Morgan fingerprint density at radius 2 is 2.16 bits per heavy atom. The minimum atomic E-state index is -0.124. The second kappa shape index (κ2) is 5.59. The summed E-state index contributed by atoms with van der Waals surface area (Å²) in [5.74, 6) is 0.509. The maximum absolute atomic E-state index is 13.2. The molecule has 1 atom stereocenters. The molecule has 1 N–H and O–H groups in total. The first-order valence-electron chi connectivity index (χ1n) is 7.35. The van der Waals surface area contributed by atoms with Crippen molar-refractivity contribution in [3.8, 4) is 0 Å². The number of benzene rings is 1. The molecule has 0 amide bonds. The van der Waals surface area contributed by atoms with Crippen LogP contribution in [-0.4, -0.2) is 25.3 Å². The van der Waals surface area contributed by atoms with Crippen molar-refractivity contribution in [1.29, 1.82) is 0 Å². The molecule has 0 unspecified atom stereocenters. The van der Waals surface area contributed by atoms with Crippen molar-refractivity contribution >= 4 is 0 Å². The summed E-state index contributed by atoms with van der Waals surface area (Å²) in [6.07, 6.45) is 5.45. The van der Waals surface area contributed by atoms with Crippen molar-refractivity contribution in [3.63, 3.8) is 0 Å². The topological polar surface area (TPSA) is 21.3 Å². The van der Waals surface area contributed by atoms with E-state index in [9.17, 15) is 4.39 Å². The highest BCUT2D eigenvalue weighted by molar-refractivity contribution is 5.17. The fourth-order valence-electron chi connectivity index (χ4n) is 3.53. The van der Waals surface area contributed by atoms with Gasteiger partial charge in [-0.3, -0.25) is 0 Å². The van der Waals surface area contributed by atoms with Crippen molar-refractivity contribution < 1.29 is 9.13 Å². The summed E-state index contributed by atoms with van der Waals surface area (Å²) in [4.78, 5) is 0. The molecule has 0 bridgehead atoms. The second-order valence-corrected chi connectivity index (χ2v) is 5.97. The third kappa shape index (κ3) is 3.15. The predicted octanol–water partition coefficient (Wildman–Crippen LogP) is 2.92. The van der Waals surface area contributed by atoms with E-state index in [1.165, 1.54) is 6.07 Å². The summed E-state index contributed by atoms with van der Waals surface area (Å²) < 4.78 is 19.3. The highest BCUT2D eigenvalue weighted by atomic mass is 19.1. The van der Waals surface area contributed by atoms with E-state index in [0.29, 0.717) is 5.92 Å². The van der Waals surface area contributed by atoms with Gasteiger partial charge < -0.3 is 10.1 Å². The Hall–Kier alpha value is -0.930. The molecule has 104 valence electrons. The first-order valence-corrected chi connectivity index (χ1v) is 7.35. The number of rotatable bonds is 2. The molecule has 1 aromatic rings. The van der Waals surface area contributed by atoms with Crippen LogP contribution in [0, 0.1) is 11.7 Å². The van der Waals surface area contributed by atoms with E-state index in [1.807, 2.05) is 12.1 Å². The van der Waals surface area contributed by atoms with E-state index in [0.717, 1.165) is 57.4 Å². The van der Waals surface area contributed by atoms with Crippen LogP contribution in [0.25, 0.3) is 0 Å². The van der Waals surface area contributed by atoms with Gasteiger partial charge in [-0.15, -0.1) is 0 Å². The summed E-state index contributed by atoms with van der Waals surface area (Å²) in [6, 6.07) is 7.03. The minimum Gasteiger partial charge on any atom is -0.375 e. The summed E-state index contributed by atoms with van der Waals surface area (Å²) in [5.41, 5.74) is 1.22. The van der Waals surface area contributed by atoms with Crippen molar-refractivity contribution in [1.82, 2.24) is 5.32 Å². The summed E-state index contributed by atoms with van der Waals surface area (Å²) in [5, 5.41) is 3.40. The Kier molecular flexibility index (Phi) is 3.85. The van der Waals surface area contributed by atoms with E-state index in [-0.39, 0.29) is 11.4 Å². The molecule has 19 heavy (non-hydrogen) atoms. The predicted molar refractivity (Wildman–Crippen MR) is 73.6 cm³/mol. The lowest BCUT2D eigenvalue weighted by Crippen LogP contribution is -2.48. The number of hydrogen-bond donors (Lipinski definition) is 1. The number of nitrogens with one attached hydrogen (secondary N) is 1. The van der Waals surface area contributed by atoms with Gasteiger partial charge in [-0.25, -0.2) is 4.39 Å². The van der Waals surface area contributed by atoms with Gasteiger partial charge in [-0.2, -0.15) is 0 Å². The standard InChI is InChI=1S/C16H22FNO/c17-15-3-1-2-13(11-15)10-14-4-9-19-16(12-14)5-7-18-8-6-16/h1-3,11,14,18H,4-10,12H2/t14-/m1/s1. The van der Waals surface area contributed by atoms with Gasteiger partial charge in [-0.1, -0.05) is 12.1 Å². The SMILES string of the molecule is Fc1cccc(C[C@H]2CCOC3(CCNCC3)C2)c1. The largest absolute Gasteiger partial charge is 0.375 e. The first-order chi connectivity index (χ1) is 9.26. The second-order valence-electron chi connectivity index (χ2n) is 5.97. The van der Waals surface area contributed by atoms with Gasteiger partial charge in [0.05, 0.1) is 5.60 Å². The van der Waals surface area contributed by atoms with E-state index in [2.05, 4.69) is 5.32 Å². The molecule has 1 aromatic carbocycles. The van der Waals surface area contributed by atoms with Crippen LogP contribution >= 0.6 is 0 Å². The molecule has 1 spiro atoms. The molecule has 2 fully saturated rings. The van der Waals surface area contributed by atoms with E-state index < -0.39 is 0 Å². The smallest absolute Gasteiger partial charge is 0.123 e. The van der Waals surface area contributed by atoms with Crippen LogP contribution in [0.1, 0.15) is 31.2 Å². The molecule has 0 aliphatic carbocycles. The third-order valence-corrected chi connectivity index (χ3v) is 4.52. The molecule has 2 heterocycles. The molecule has 0 radical (unpaired) electrons. The summed E-state index contributed by atoms with van der Waals surface area (Å²) >= 11 is 0. The van der Waals surface area contributed by atoms with Gasteiger partial charge in [0, 0.05) is 6.61 Å². The number of halogens is 1. The first kappa shape index (κ1) is 13.1. The maximum Gasteiger partial charge on any atom is 0.123 e. The lowest BCUT2D eigenvalue weighted by atomic mass is 9.78. The van der Waals surface area contributed by atoms with Crippen LogP contribution < -0.4 is 5.32 Å². The lowest BCUT2D eigenvalue weighted by Gasteiger charge is -2.43. The van der Waals surface area contributed by atoms with Gasteiger partial charge in [0.1, 0.15) is 5.82 Å². The monoisotopic (exact) mass is 263 g/mol. The van der Waals surface area contributed by atoms with Crippen LogP contribution in [0.4, 0.5) is 4.39 Å². The normalized spacial score (nSPS) is 26.5. The Morgan fingerprint density at radius 3 is 2.95 bits per heavy atom.